The fraction of sp³-hybridized carbons (Fsp3) is 0.571. The van der Waals surface area contributed by atoms with E-state index in [1.807, 2.05) is 6.92 Å². The Morgan fingerprint density at radius 1 is 1.12 bits per heavy atom. The van der Waals surface area contributed by atoms with Gasteiger partial charge in [0.05, 0.1) is 0 Å². The van der Waals surface area contributed by atoms with Gasteiger partial charge in [0.1, 0.15) is 0 Å². The van der Waals surface area contributed by atoms with Crippen LogP contribution in [0.2, 0.25) is 0 Å². The van der Waals surface area contributed by atoms with Crippen LogP contribution in [0.25, 0.3) is 0 Å². The molecule has 0 aliphatic carbocycles. The van der Waals surface area contributed by atoms with Crippen LogP contribution in [0.5, 0.6) is 0 Å². The number of hydrogen-bond donors (Lipinski definition) is 2. The van der Waals surface area contributed by atoms with E-state index >= 15 is 0 Å². The van der Waals surface area contributed by atoms with Gasteiger partial charge < -0.3 is 11.5 Å². The molecule has 0 saturated carbocycles. The first-order valence-electron chi connectivity index (χ1n) is 5.85. The van der Waals surface area contributed by atoms with Gasteiger partial charge in [0, 0.05) is 12.1 Å². The summed E-state index contributed by atoms with van der Waals surface area (Å²) in [4.78, 5) is 0. The SMILES string of the molecule is Cc1ccc(C(C)(C)C)cc1C(N)C(C)N. The molecule has 4 N–H and O–H groups in total. The normalized spacial score (nSPS) is 15.9. The Hall–Kier alpha value is -0.860. The lowest BCUT2D eigenvalue weighted by Crippen LogP contribution is -2.32. The molecule has 0 bridgehead atoms. The summed E-state index contributed by atoms with van der Waals surface area (Å²) in [5.41, 5.74) is 15.8. The van der Waals surface area contributed by atoms with E-state index in [0.29, 0.717) is 0 Å². The molecule has 2 heteroatoms. The Morgan fingerprint density at radius 3 is 2.12 bits per heavy atom. The van der Waals surface area contributed by atoms with E-state index in [9.17, 15) is 0 Å². The number of nitrogens with two attached hydrogens (primary N) is 2. The second-order valence-corrected chi connectivity index (χ2v) is 5.71. The monoisotopic (exact) mass is 220 g/mol. The number of aryl methyl sites for hydroxylation is 1. The van der Waals surface area contributed by atoms with Crippen LogP contribution in [0.1, 0.15) is 50.4 Å². The summed E-state index contributed by atoms with van der Waals surface area (Å²) >= 11 is 0. The van der Waals surface area contributed by atoms with E-state index < -0.39 is 0 Å². The van der Waals surface area contributed by atoms with Gasteiger partial charge >= 0.3 is 0 Å². The van der Waals surface area contributed by atoms with E-state index in [4.69, 9.17) is 11.5 Å². The maximum absolute atomic E-state index is 6.13. The van der Waals surface area contributed by atoms with E-state index in [2.05, 4.69) is 45.9 Å². The van der Waals surface area contributed by atoms with Crippen molar-refractivity contribution in [3.8, 4) is 0 Å². The highest BCUT2D eigenvalue weighted by Crippen LogP contribution is 2.27. The fourth-order valence-corrected chi connectivity index (χ4v) is 1.75. The molecule has 0 fully saturated rings. The average molecular weight is 220 g/mol. The Bertz CT molecular complexity index is 361. The smallest absolute Gasteiger partial charge is 0.0448 e. The minimum absolute atomic E-state index is 0.0195. The van der Waals surface area contributed by atoms with Crippen molar-refractivity contribution in [2.45, 2.75) is 52.1 Å². The van der Waals surface area contributed by atoms with Gasteiger partial charge in [0.2, 0.25) is 0 Å². The summed E-state index contributed by atoms with van der Waals surface area (Å²) in [6, 6.07) is 6.41. The van der Waals surface area contributed by atoms with Crippen LogP contribution in [0.3, 0.4) is 0 Å². The van der Waals surface area contributed by atoms with E-state index in [1.165, 1.54) is 16.7 Å². The molecule has 16 heavy (non-hydrogen) atoms. The Labute approximate surface area is 99.0 Å². The number of rotatable bonds is 2. The van der Waals surface area contributed by atoms with Crippen LogP contribution < -0.4 is 11.5 Å². The van der Waals surface area contributed by atoms with Gasteiger partial charge in [-0.3, -0.25) is 0 Å². The second kappa shape index (κ2) is 4.56. The molecule has 0 amide bonds. The summed E-state index contributed by atoms with van der Waals surface area (Å²) in [6.07, 6.45) is 0. The lowest BCUT2D eigenvalue weighted by molar-refractivity contribution is 0.569. The average Bonchev–Trinajstić information content (AvgIpc) is 2.15. The molecule has 90 valence electrons. The highest BCUT2D eigenvalue weighted by Gasteiger charge is 2.18. The molecule has 0 saturated heterocycles. The van der Waals surface area contributed by atoms with Gasteiger partial charge in [0.25, 0.3) is 0 Å². The van der Waals surface area contributed by atoms with Gasteiger partial charge in [-0.25, -0.2) is 0 Å². The van der Waals surface area contributed by atoms with E-state index in [1.54, 1.807) is 0 Å². The lowest BCUT2D eigenvalue weighted by atomic mass is 9.83. The van der Waals surface area contributed by atoms with Crippen LogP contribution in [0.15, 0.2) is 18.2 Å². The molecule has 0 heterocycles. The third kappa shape index (κ3) is 2.83. The topological polar surface area (TPSA) is 52.0 Å². The summed E-state index contributed by atoms with van der Waals surface area (Å²) in [7, 11) is 0. The Kier molecular flexibility index (Phi) is 3.76. The second-order valence-electron chi connectivity index (χ2n) is 5.71. The van der Waals surface area contributed by atoms with Gasteiger partial charge in [0.15, 0.2) is 0 Å². The molecule has 2 unspecified atom stereocenters. The standard InChI is InChI=1S/C14H24N2/c1-9-6-7-11(14(3,4)5)8-12(9)13(16)10(2)15/h6-8,10,13H,15-16H2,1-5H3. The first-order chi connectivity index (χ1) is 7.23. The van der Waals surface area contributed by atoms with Gasteiger partial charge in [-0.15, -0.1) is 0 Å². The third-order valence-corrected chi connectivity index (χ3v) is 3.07. The summed E-state index contributed by atoms with van der Waals surface area (Å²) < 4.78 is 0. The van der Waals surface area contributed by atoms with Crippen molar-refractivity contribution >= 4 is 0 Å². The zero-order valence-electron chi connectivity index (χ0n) is 11.0. The van der Waals surface area contributed by atoms with Crippen LogP contribution in [-0.4, -0.2) is 6.04 Å². The molecular formula is C14H24N2. The summed E-state index contributed by atoms with van der Waals surface area (Å²) in [6.45, 7) is 10.7. The zero-order valence-corrected chi connectivity index (χ0v) is 11.0. The van der Waals surface area contributed by atoms with Gasteiger partial charge in [-0.2, -0.15) is 0 Å². The minimum Gasteiger partial charge on any atom is -0.326 e. The van der Waals surface area contributed by atoms with Crippen molar-refractivity contribution in [1.29, 1.82) is 0 Å². The molecule has 0 radical (unpaired) electrons. The number of benzene rings is 1. The molecule has 2 nitrogen and oxygen atoms in total. The molecule has 1 aromatic rings. The highest BCUT2D eigenvalue weighted by molar-refractivity contribution is 5.36. The predicted octanol–water partition coefficient (Wildman–Crippen LogP) is 2.64. The molecule has 0 aliphatic rings. The fourth-order valence-electron chi connectivity index (χ4n) is 1.75. The van der Waals surface area contributed by atoms with Gasteiger partial charge in [-0.05, 0) is 36.0 Å². The van der Waals surface area contributed by atoms with E-state index in [-0.39, 0.29) is 17.5 Å². The zero-order chi connectivity index (χ0) is 12.5. The quantitative estimate of drug-likeness (QED) is 0.805. The predicted molar refractivity (Wildman–Crippen MR) is 70.5 cm³/mol. The number of hydrogen-bond acceptors (Lipinski definition) is 2. The molecule has 1 aromatic carbocycles. The van der Waals surface area contributed by atoms with Crippen LogP contribution >= 0.6 is 0 Å². The summed E-state index contributed by atoms with van der Waals surface area (Å²) in [5, 5.41) is 0. The highest BCUT2D eigenvalue weighted by atomic mass is 14.8. The molecule has 0 aromatic heterocycles. The lowest BCUT2D eigenvalue weighted by Gasteiger charge is -2.24. The van der Waals surface area contributed by atoms with E-state index in [0.717, 1.165) is 0 Å². The summed E-state index contributed by atoms with van der Waals surface area (Å²) in [5.74, 6) is 0. The van der Waals surface area contributed by atoms with Crippen LogP contribution in [0.4, 0.5) is 0 Å². The molecule has 1 rings (SSSR count). The van der Waals surface area contributed by atoms with Crippen LogP contribution in [-0.2, 0) is 5.41 Å². The third-order valence-electron chi connectivity index (χ3n) is 3.07. The Morgan fingerprint density at radius 2 is 1.69 bits per heavy atom. The van der Waals surface area contributed by atoms with Crippen molar-refractivity contribution < 1.29 is 0 Å². The molecule has 0 aliphatic heterocycles. The molecule has 2 atom stereocenters. The maximum atomic E-state index is 6.13. The van der Waals surface area contributed by atoms with Gasteiger partial charge in [-0.1, -0.05) is 39.0 Å². The minimum atomic E-state index is -0.0812. The molecular weight excluding hydrogens is 196 g/mol. The van der Waals surface area contributed by atoms with Crippen LogP contribution in [0, 0.1) is 6.92 Å². The van der Waals surface area contributed by atoms with Crippen molar-refractivity contribution in [2.24, 2.45) is 11.5 Å². The van der Waals surface area contributed by atoms with Crippen molar-refractivity contribution in [3.05, 3.63) is 34.9 Å². The maximum Gasteiger partial charge on any atom is 0.0448 e. The van der Waals surface area contributed by atoms with Crippen molar-refractivity contribution in [2.75, 3.05) is 0 Å². The van der Waals surface area contributed by atoms with Crippen molar-refractivity contribution in [3.63, 3.8) is 0 Å². The first kappa shape index (κ1) is 13.2. The Balaban J connectivity index is 3.19. The first-order valence-corrected chi connectivity index (χ1v) is 5.85. The molecule has 0 spiro atoms. The van der Waals surface area contributed by atoms with Crippen molar-refractivity contribution in [1.82, 2.24) is 0 Å². The largest absolute Gasteiger partial charge is 0.326 e.